The van der Waals surface area contributed by atoms with E-state index in [-0.39, 0.29) is 17.1 Å². The number of halogens is 2. The summed E-state index contributed by atoms with van der Waals surface area (Å²) in [5, 5.41) is 0. The standard InChI is InChI=1S/C22H20F2N2O4S/c1-13-10-16(19-4-3-9-26(19)22(13)27)17-12-15(25-31(2,28)29)6-8-20(17)30-21-7-5-14(23)11-18(21)24/h5-8,10-12,25H,3-4,9H2,1-2H3. The molecule has 2 aromatic carbocycles. The number of fused-ring (bicyclic) bond motifs is 1. The second-order valence-electron chi connectivity index (χ2n) is 7.51. The van der Waals surface area contributed by atoms with Gasteiger partial charge in [0.15, 0.2) is 11.6 Å². The molecule has 0 amide bonds. The van der Waals surface area contributed by atoms with Gasteiger partial charge in [0.2, 0.25) is 10.0 Å². The molecule has 3 aromatic rings. The molecule has 1 aliphatic heterocycles. The molecule has 0 radical (unpaired) electrons. The number of aromatic nitrogens is 1. The second-order valence-corrected chi connectivity index (χ2v) is 9.26. The molecule has 0 spiro atoms. The predicted molar refractivity (Wildman–Crippen MR) is 114 cm³/mol. The van der Waals surface area contributed by atoms with Gasteiger partial charge in [0.05, 0.1) is 6.26 Å². The summed E-state index contributed by atoms with van der Waals surface area (Å²) in [5.74, 6) is -1.52. The average Bonchev–Trinajstić information content (AvgIpc) is 3.17. The molecule has 0 unspecified atom stereocenters. The molecule has 0 bridgehead atoms. The van der Waals surface area contributed by atoms with Crippen molar-refractivity contribution in [2.45, 2.75) is 26.3 Å². The maximum Gasteiger partial charge on any atom is 0.253 e. The van der Waals surface area contributed by atoms with Crippen LogP contribution in [0.1, 0.15) is 17.7 Å². The third-order valence-electron chi connectivity index (χ3n) is 5.06. The van der Waals surface area contributed by atoms with Crippen molar-refractivity contribution < 1.29 is 21.9 Å². The summed E-state index contributed by atoms with van der Waals surface area (Å²) in [4.78, 5) is 12.5. The van der Waals surface area contributed by atoms with E-state index in [0.717, 1.165) is 30.5 Å². The second kappa shape index (κ2) is 7.81. The van der Waals surface area contributed by atoms with E-state index in [1.165, 1.54) is 18.2 Å². The Hall–Kier alpha value is -3.20. The predicted octanol–water partition coefficient (Wildman–Crippen LogP) is 4.21. The first kappa shape index (κ1) is 21.0. The molecule has 4 rings (SSSR count). The molecule has 162 valence electrons. The van der Waals surface area contributed by atoms with Crippen LogP contribution in [-0.4, -0.2) is 19.2 Å². The van der Waals surface area contributed by atoms with Crippen LogP contribution in [-0.2, 0) is 23.0 Å². The molecule has 0 saturated carbocycles. The maximum absolute atomic E-state index is 14.2. The fourth-order valence-electron chi connectivity index (χ4n) is 3.77. The maximum atomic E-state index is 14.2. The van der Waals surface area contributed by atoms with Crippen LogP contribution in [0.3, 0.4) is 0 Å². The van der Waals surface area contributed by atoms with Crippen LogP contribution < -0.4 is 15.0 Å². The average molecular weight is 446 g/mol. The van der Waals surface area contributed by atoms with Crippen molar-refractivity contribution in [1.82, 2.24) is 4.57 Å². The van der Waals surface area contributed by atoms with Crippen molar-refractivity contribution in [3.63, 3.8) is 0 Å². The quantitative estimate of drug-likeness (QED) is 0.637. The van der Waals surface area contributed by atoms with Crippen molar-refractivity contribution in [3.8, 4) is 22.6 Å². The van der Waals surface area contributed by atoms with Crippen molar-refractivity contribution in [2.75, 3.05) is 11.0 Å². The minimum Gasteiger partial charge on any atom is -0.454 e. The highest BCUT2D eigenvalue weighted by molar-refractivity contribution is 7.92. The molecule has 1 N–H and O–H groups in total. The van der Waals surface area contributed by atoms with Crippen molar-refractivity contribution in [2.24, 2.45) is 0 Å². The van der Waals surface area contributed by atoms with Crippen LogP contribution >= 0.6 is 0 Å². The van der Waals surface area contributed by atoms with E-state index in [2.05, 4.69) is 4.72 Å². The molecule has 0 saturated heterocycles. The zero-order chi connectivity index (χ0) is 22.3. The lowest BCUT2D eigenvalue weighted by Crippen LogP contribution is -2.22. The Balaban J connectivity index is 1.90. The van der Waals surface area contributed by atoms with Gasteiger partial charge in [-0.05, 0) is 56.2 Å². The highest BCUT2D eigenvalue weighted by Gasteiger charge is 2.22. The number of sulfonamides is 1. The fourth-order valence-corrected chi connectivity index (χ4v) is 4.32. The van der Waals surface area contributed by atoms with Gasteiger partial charge in [0, 0.05) is 40.7 Å². The molecule has 1 aromatic heterocycles. The Morgan fingerprint density at radius 1 is 1.03 bits per heavy atom. The van der Waals surface area contributed by atoms with Crippen molar-refractivity contribution >= 4 is 15.7 Å². The van der Waals surface area contributed by atoms with Gasteiger partial charge in [-0.15, -0.1) is 0 Å². The molecule has 6 nitrogen and oxygen atoms in total. The number of aryl methyl sites for hydroxylation is 1. The third-order valence-corrected chi connectivity index (χ3v) is 5.67. The lowest BCUT2D eigenvalue weighted by Gasteiger charge is -2.17. The Bertz CT molecular complexity index is 1350. The largest absolute Gasteiger partial charge is 0.454 e. The van der Waals surface area contributed by atoms with Gasteiger partial charge in [-0.1, -0.05) is 0 Å². The normalized spacial score (nSPS) is 13.2. The molecule has 31 heavy (non-hydrogen) atoms. The summed E-state index contributed by atoms with van der Waals surface area (Å²) in [6.45, 7) is 2.29. The number of nitrogens with zero attached hydrogens (tertiary/aromatic N) is 1. The Kier molecular flexibility index (Phi) is 5.30. The number of nitrogens with one attached hydrogen (secondary N) is 1. The van der Waals surface area contributed by atoms with Crippen LogP contribution in [0.2, 0.25) is 0 Å². The first-order valence-corrected chi connectivity index (χ1v) is 11.5. The van der Waals surface area contributed by atoms with Crippen LogP contribution in [0.15, 0.2) is 47.3 Å². The smallest absolute Gasteiger partial charge is 0.253 e. The molecular weight excluding hydrogens is 426 g/mol. The first-order chi connectivity index (χ1) is 14.6. The van der Waals surface area contributed by atoms with Gasteiger partial charge in [-0.2, -0.15) is 0 Å². The number of hydrogen-bond acceptors (Lipinski definition) is 4. The number of hydrogen-bond donors (Lipinski definition) is 1. The Morgan fingerprint density at radius 2 is 1.77 bits per heavy atom. The van der Waals surface area contributed by atoms with E-state index in [4.69, 9.17) is 4.74 Å². The van der Waals surface area contributed by atoms with Crippen molar-refractivity contribution in [3.05, 3.63) is 75.7 Å². The van der Waals surface area contributed by atoms with E-state index in [0.29, 0.717) is 35.3 Å². The summed E-state index contributed by atoms with van der Waals surface area (Å²) in [7, 11) is -3.53. The van der Waals surface area contributed by atoms with Gasteiger partial charge < -0.3 is 9.30 Å². The minimum absolute atomic E-state index is 0.0753. The SMILES string of the molecule is Cc1cc(-c2cc(NS(C)(=O)=O)ccc2Oc2ccc(F)cc2F)c2n(c1=O)CCC2. The van der Waals surface area contributed by atoms with E-state index < -0.39 is 21.7 Å². The van der Waals surface area contributed by atoms with Gasteiger partial charge in [0.25, 0.3) is 5.56 Å². The monoisotopic (exact) mass is 446 g/mol. The highest BCUT2D eigenvalue weighted by atomic mass is 32.2. The lowest BCUT2D eigenvalue weighted by molar-refractivity contribution is 0.439. The van der Waals surface area contributed by atoms with Crippen LogP contribution in [0.25, 0.3) is 11.1 Å². The Morgan fingerprint density at radius 3 is 2.48 bits per heavy atom. The van der Waals surface area contributed by atoms with Gasteiger partial charge in [-0.3, -0.25) is 9.52 Å². The number of rotatable bonds is 5. The molecule has 0 atom stereocenters. The Labute approximate surface area is 178 Å². The van der Waals surface area contributed by atoms with Gasteiger partial charge >= 0.3 is 0 Å². The van der Waals surface area contributed by atoms with Crippen LogP contribution in [0, 0.1) is 18.6 Å². The van der Waals surface area contributed by atoms with Crippen LogP contribution in [0.5, 0.6) is 11.5 Å². The number of pyridine rings is 1. The molecular formula is C22H20F2N2O4S. The zero-order valence-corrected chi connectivity index (χ0v) is 17.7. The highest BCUT2D eigenvalue weighted by Crippen LogP contribution is 2.39. The van der Waals surface area contributed by atoms with Crippen molar-refractivity contribution in [1.29, 1.82) is 0 Å². The summed E-state index contributed by atoms with van der Waals surface area (Å²) < 4.78 is 60.8. The number of benzene rings is 2. The molecule has 9 heteroatoms. The van der Waals surface area contributed by atoms with Gasteiger partial charge in [-0.25, -0.2) is 17.2 Å². The molecule has 0 fully saturated rings. The third kappa shape index (κ3) is 4.32. The van der Waals surface area contributed by atoms with E-state index in [1.54, 1.807) is 23.6 Å². The topological polar surface area (TPSA) is 77.4 Å². The zero-order valence-electron chi connectivity index (χ0n) is 16.9. The lowest BCUT2D eigenvalue weighted by atomic mass is 9.99. The summed E-state index contributed by atoms with van der Waals surface area (Å²) in [6, 6.07) is 9.30. The summed E-state index contributed by atoms with van der Waals surface area (Å²) in [5.41, 5.74) is 2.74. The van der Waals surface area contributed by atoms with E-state index >= 15 is 0 Å². The minimum atomic E-state index is -3.53. The first-order valence-electron chi connectivity index (χ1n) is 9.61. The number of anilines is 1. The van der Waals surface area contributed by atoms with Crippen LogP contribution in [0.4, 0.5) is 14.5 Å². The number of ether oxygens (including phenoxy) is 1. The van der Waals surface area contributed by atoms with E-state index in [9.17, 15) is 22.0 Å². The van der Waals surface area contributed by atoms with E-state index in [1.807, 2.05) is 0 Å². The molecule has 2 heterocycles. The summed E-state index contributed by atoms with van der Waals surface area (Å²) >= 11 is 0. The summed E-state index contributed by atoms with van der Waals surface area (Å²) in [6.07, 6.45) is 2.50. The van der Waals surface area contributed by atoms with Gasteiger partial charge in [0.1, 0.15) is 11.6 Å². The molecule has 0 aliphatic carbocycles. The molecule has 1 aliphatic rings. The fraction of sp³-hybridized carbons (Fsp3) is 0.227.